The predicted molar refractivity (Wildman–Crippen MR) is 79.0 cm³/mol. The Hall–Kier alpha value is -1.11. The van der Waals surface area contributed by atoms with Gasteiger partial charge in [0, 0.05) is 32.4 Å². The Morgan fingerprint density at radius 2 is 1.63 bits per heavy atom. The van der Waals surface area contributed by atoms with Crippen molar-refractivity contribution in [3.8, 4) is 0 Å². The standard InChI is InChI=1S/C13H23N3O2S/c1-11(10-15(2)3)14-12-6-8-13(9-7-12)19(17,18)16(4)5/h6-9,11,14H,10H2,1-5H3. The van der Waals surface area contributed by atoms with Gasteiger partial charge in [-0.15, -0.1) is 0 Å². The average Bonchev–Trinajstić information content (AvgIpc) is 2.28. The van der Waals surface area contributed by atoms with Crippen molar-refractivity contribution in [2.75, 3.05) is 40.1 Å². The van der Waals surface area contributed by atoms with Crippen LogP contribution in [-0.4, -0.2) is 58.4 Å². The minimum absolute atomic E-state index is 0.298. The molecule has 0 amide bonds. The highest BCUT2D eigenvalue weighted by Gasteiger charge is 2.16. The fraction of sp³-hybridized carbons (Fsp3) is 0.538. The molecule has 108 valence electrons. The first kappa shape index (κ1) is 15.9. The Morgan fingerprint density at radius 3 is 2.05 bits per heavy atom. The number of rotatable bonds is 6. The molecular formula is C13H23N3O2S. The molecule has 0 bridgehead atoms. The molecule has 19 heavy (non-hydrogen) atoms. The zero-order chi connectivity index (χ0) is 14.6. The number of sulfonamides is 1. The third-order valence-corrected chi connectivity index (χ3v) is 4.51. The fourth-order valence-electron chi connectivity index (χ4n) is 1.81. The van der Waals surface area contributed by atoms with Gasteiger partial charge in [0.05, 0.1) is 4.90 Å². The van der Waals surface area contributed by atoms with Crippen LogP contribution in [-0.2, 0) is 10.0 Å². The van der Waals surface area contributed by atoms with E-state index in [0.29, 0.717) is 10.9 Å². The van der Waals surface area contributed by atoms with Gasteiger partial charge in [-0.2, -0.15) is 0 Å². The Bertz CT molecular complexity index is 495. The van der Waals surface area contributed by atoms with E-state index in [9.17, 15) is 8.42 Å². The van der Waals surface area contributed by atoms with Crippen molar-refractivity contribution in [3.05, 3.63) is 24.3 Å². The van der Waals surface area contributed by atoms with Gasteiger partial charge < -0.3 is 10.2 Å². The molecule has 1 rings (SSSR count). The van der Waals surface area contributed by atoms with Crippen LogP contribution in [0.25, 0.3) is 0 Å². The van der Waals surface area contributed by atoms with E-state index < -0.39 is 10.0 Å². The molecule has 0 aliphatic rings. The summed E-state index contributed by atoms with van der Waals surface area (Å²) in [7, 11) is 3.75. The molecular weight excluding hydrogens is 262 g/mol. The van der Waals surface area contributed by atoms with Crippen molar-refractivity contribution >= 4 is 15.7 Å². The van der Waals surface area contributed by atoms with Gasteiger partial charge in [-0.1, -0.05) is 0 Å². The molecule has 1 N–H and O–H groups in total. The number of benzene rings is 1. The van der Waals surface area contributed by atoms with Gasteiger partial charge in [0.1, 0.15) is 0 Å². The van der Waals surface area contributed by atoms with E-state index in [1.54, 1.807) is 24.3 Å². The van der Waals surface area contributed by atoms with Crippen LogP contribution < -0.4 is 5.32 Å². The maximum absolute atomic E-state index is 11.9. The monoisotopic (exact) mass is 285 g/mol. The minimum Gasteiger partial charge on any atom is -0.381 e. The Balaban J connectivity index is 2.78. The molecule has 0 aromatic heterocycles. The van der Waals surface area contributed by atoms with E-state index in [1.807, 2.05) is 14.1 Å². The van der Waals surface area contributed by atoms with Crippen LogP contribution in [0.5, 0.6) is 0 Å². The lowest BCUT2D eigenvalue weighted by molar-refractivity contribution is 0.392. The van der Waals surface area contributed by atoms with Crippen molar-refractivity contribution in [1.82, 2.24) is 9.21 Å². The zero-order valence-electron chi connectivity index (χ0n) is 12.2. The fourth-order valence-corrected chi connectivity index (χ4v) is 2.71. The molecule has 1 aromatic rings. The van der Waals surface area contributed by atoms with Crippen LogP contribution in [0.4, 0.5) is 5.69 Å². The van der Waals surface area contributed by atoms with Gasteiger partial charge in [0.2, 0.25) is 10.0 Å². The average molecular weight is 285 g/mol. The summed E-state index contributed by atoms with van der Waals surface area (Å²) < 4.78 is 25.0. The highest BCUT2D eigenvalue weighted by molar-refractivity contribution is 7.89. The smallest absolute Gasteiger partial charge is 0.242 e. The van der Waals surface area contributed by atoms with Gasteiger partial charge in [0.15, 0.2) is 0 Å². The molecule has 1 aromatic carbocycles. The van der Waals surface area contributed by atoms with E-state index in [0.717, 1.165) is 12.2 Å². The zero-order valence-corrected chi connectivity index (χ0v) is 13.0. The van der Waals surface area contributed by atoms with Gasteiger partial charge >= 0.3 is 0 Å². The van der Waals surface area contributed by atoms with Crippen LogP contribution in [0.2, 0.25) is 0 Å². The highest BCUT2D eigenvalue weighted by Crippen LogP contribution is 2.17. The maximum atomic E-state index is 11.9. The van der Waals surface area contributed by atoms with Crippen molar-refractivity contribution in [2.45, 2.75) is 17.9 Å². The molecule has 0 saturated carbocycles. The highest BCUT2D eigenvalue weighted by atomic mass is 32.2. The number of anilines is 1. The van der Waals surface area contributed by atoms with E-state index in [-0.39, 0.29) is 0 Å². The van der Waals surface area contributed by atoms with Gasteiger partial charge in [-0.25, -0.2) is 12.7 Å². The Labute approximate surface area is 116 Å². The second-order valence-electron chi connectivity index (χ2n) is 5.12. The van der Waals surface area contributed by atoms with Gasteiger partial charge in [-0.3, -0.25) is 0 Å². The molecule has 6 heteroatoms. The number of nitrogens with one attached hydrogen (secondary N) is 1. The molecule has 1 atom stereocenters. The molecule has 0 spiro atoms. The largest absolute Gasteiger partial charge is 0.381 e. The summed E-state index contributed by atoms with van der Waals surface area (Å²) in [5.41, 5.74) is 0.923. The van der Waals surface area contributed by atoms with E-state index in [2.05, 4.69) is 17.1 Å². The van der Waals surface area contributed by atoms with Crippen molar-refractivity contribution in [2.24, 2.45) is 0 Å². The SMILES string of the molecule is CC(CN(C)C)Nc1ccc(S(=O)(=O)N(C)C)cc1. The third kappa shape index (κ3) is 4.49. The lowest BCUT2D eigenvalue weighted by atomic mass is 10.2. The molecule has 0 aliphatic heterocycles. The van der Waals surface area contributed by atoms with Crippen LogP contribution in [0, 0.1) is 0 Å². The lowest BCUT2D eigenvalue weighted by Crippen LogP contribution is -2.29. The lowest BCUT2D eigenvalue weighted by Gasteiger charge is -2.19. The van der Waals surface area contributed by atoms with E-state index >= 15 is 0 Å². The predicted octanol–water partition coefficient (Wildman–Crippen LogP) is 1.30. The molecule has 0 fully saturated rings. The number of nitrogens with zero attached hydrogens (tertiary/aromatic N) is 2. The quantitative estimate of drug-likeness (QED) is 0.856. The van der Waals surface area contributed by atoms with Crippen molar-refractivity contribution in [3.63, 3.8) is 0 Å². The summed E-state index contributed by atoms with van der Waals surface area (Å²) in [6.07, 6.45) is 0. The first-order chi connectivity index (χ1) is 8.73. The van der Waals surface area contributed by atoms with Gasteiger partial charge in [0.25, 0.3) is 0 Å². The topological polar surface area (TPSA) is 52.7 Å². The molecule has 1 unspecified atom stereocenters. The van der Waals surface area contributed by atoms with Crippen molar-refractivity contribution in [1.29, 1.82) is 0 Å². The number of hydrogen-bond donors (Lipinski definition) is 1. The minimum atomic E-state index is -3.34. The maximum Gasteiger partial charge on any atom is 0.242 e. The second-order valence-corrected chi connectivity index (χ2v) is 7.27. The van der Waals surface area contributed by atoms with E-state index in [4.69, 9.17) is 0 Å². The third-order valence-electron chi connectivity index (χ3n) is 2.68. The van der Waals surface area contributed by atoms with Crippen LogP contribution in [0.15, 0.2) is 29.2 Å². The normalized spacial score (nSPS) is 13.8. The number of likely N-dealkylation sites (N-methyl/N-ethyl adjacent to an activating group) is 1. The van der Waals surface area contributed by atoms with Gasteiger partial charge in [-0.05, 0) is 45.3 Å². The summed E-state index contributed by atoms with van der Waals surface area (Å²) in [5, 5.41) is 3.33. The summed E-state index contributed by atoms with van der Waals surface area (Å²) >= 11 is 0. The molecule has 0 aliphatic carbocycles. The molecule has 0 radical (unpaired) electrons. The van der Waals surface area contributed by atoms with Crippen LogP contribution in [0.1, 0.15) is 6.92 Å². The summed E-state index contributed by atoms with van der Waals surface area (Å²) in [5.74, 6) is 0. The summed E-state index contributed by atoms with van der Waals surface area (Å²) in [6.45, 7) is 3.00. The first-order valence-corrected chi connectivity index (χ1v) is 7.61. The van der Waals surface area contributed by atoms with E-state index in [1.165, 1.54) is 18.4 Å². The molecule has 0 heterocycles. The van der Waals surface area contributed by atoms with Crippen LogP contribution in [0.3, 0.4) is 0 Å². The molecule has 0 saturated heterocycles. The Kier molecular flexibility index (Phi) is 5.34. The first-order valence-electron chi connectivity index (χ1n) is 6.17. The summed E-state index contributed by atoms with van der Waals surface area (Å²) in [4.78, 5) is 2.41. The number of hydrogen-bond acceptors (Lipinski definition) is 4. The Morgan fingerprint density at radius 1 is 1.11 bits per heavy atom. The molecule has 5 nitrogen and oxygen atoms in total. The van der Waals surface area contributed by atoms with Crippen LogP contribution >= 0.6 is 0 Å². The second kappa shape index (κ2) is 6.36. The van der Waals surface area contributed by atoms with Crippen molar-refractivity contribution < 1.29 is 8.42 Å². The summed E-state index contributed by atoms with van der Waals surface area (Å²) in [6, 6.07) is 7.14.